The lowest BCUT2D eigenvalue weighted by atomic mass is 10.1. The fourth-order valence-electron chi connectivity index (χ4n) is 1.66. The van der Waals surface area contributed by atoms with Crippen LogP contribution in [0.25, 0.3) is 0 Å². The first-order valence-corrected chi connectivity index (χ1v) is 6.30. The van der Waals surface area contributed by atoms with E-state index in [0.29, 0.717) is 0 Å². The van der Waals surface area contributed by atoms with Crippen LogP contribution in [0.2, 0.25) is 0 Å². The van der Waals surface area contributed by atoms with Crippen molar-refractivity contribution in [2.24, 2.45) is 0 Å². The van der Waals surface area contributed by atoms with Crippen LogP contribution in [0.3, 0.4) is 0 Å². The van der Waals surface area contributed by atoms with Crippen LogP contribution in [0.1, 0.15) is 32.3 Å². The topological polar surface area (TPSA) is 21.3 Å². The molecule has 0 saturated carbocycles. The highest BCUT2D eigenvalue weighted by Crippen LogP contribution is 2.17. The molecule has 2 nitrogen and oxygen atoms in total. The number of ether oxygens (including phenoxy) is 1. The second-order valence-electron chi connectivity index (χ2n) is 3.89. The van der Waals surface area contributed by atoms with Gasteiger partial charge in [-0.1, -0.05) is 31.5 Å². The first-order valence-electron chi connectivity index (χ1n) is 6.30. The Labute approximate surface area is 99.0 Å². The summed E-state index contributed by atoms with van der Waals surface area (Å²) in [5.74, 6) is 1.03. The summed E-state index contributed by atoms with van der Waals surface area (Å²) < 4.78 is 5.59. The molecule has 0 heterocycles. The molecule has 1 rings (SSSR count). The monoisotopic (exact) mass is 221 g/mol. The van der Waals surface area contributed by atoms with Crippen LogP contribution in [0.15, 0.2) is 24.3 Å². The van der Waals surface area contributed by atoms with E-state index in [9.17, 15) is 0 Å². The van der Waals surface area contributed by atoms with Gasteiger partial charge in [0.1, 0.15) is 5.75 Å². The van der Waals surface area contributed by atoms with E-state index < -0.39 is 0 Å². The van der Waals surface area contributed by atoms with Gasteiger partial charge < -0.3 is 10.1 Å². The third kappa shape index (κ3) is 4.67. The van der Waals surface area contributed by atoms with Crippen molar-refractivity contribution in [2.75, 3.05) is 19.7 Å². The molecule has 0 saturated heterocycles. The Balaban J connectivity index is 2.34. The number of para-hydroxylation sites is 1. The van der Waals surface area contributed by atoms with Gasteiger partial charge in [0.05, 0.1) is 6.61 Å². The van der Waals surface area contributed by atoms with Crippen LogP contribution in [0.5, 0.6) is 5.75 Å². The predicted octanol–water partition coefficient (Wildman–Crippen LogP) is 3.02. The van der Waals surface area contributed by atoms with Crippen LogP contribution in [-0.2, 0) is 6.42 Å². The number of rotatable bonds is 8. The van der Waals surface area contributed by atoms with Gasteiger partial charge in [-0.25, -0.2) is 0 Å². The number of hydrogen-bond acceptors (Lipinski definition) is 2. The normalized spacial score (nSPS) is 10.4. The minimum Gasteiger partial charge on any atom is -0.494 e. The summed E-state index contributed by atoms with van der Waals surface area (Å²) >= 11 is 0. The van der Waals surface area contributed by atoms with Crippen molar-refractivity contribution in [2.45, 2.75) is 33.1 Å². The van der Waals surface area contributed by atoms with E-state index in [1.807, 2.05) is 19.1 Å². The van der Waals surface area contributed by atoms with E-state index in [4.69, 9.17) is 4.74 Å². The van der Waals surface area contributed by atoms with E-state index in [1.165, 1.54) is 18.4 Å². The molecule has 0 aliphatic rings. The molecule has 2 heteroatoms. The van der Waals surface area contributed by atoms with Gasteiger partial charge in [-0.3, -0.25) is 0 Å². The molecule has 0 unspecified atom stereocenters. The third-order valence-electron chi connectivity index (χ3n) is 2.55. The molecular weight excluding hydrogens is 198 g/mol. The molecular formula is C14H23NO. The molecule has 0 radical (unpaired) electrons. The second kappa shape index (κ2) is 8.17. The average Bonchev–Trinajstić information content (AvgIpc) is 2.31. The number of benzene rings is 1. The molecule has 0 atom stereocenters. The Hall–Kier alpha value is -1.02. The van der Waals surface area contributed by atoms with Crippen LogP contribution in [-0.4, -0.2) is 19.7 Å². The second-order valence-corrected chi connectivity index (χ2v) is 3.89. The highest BCUT2D eigenvalue weighted by Gasteiger charge is 2.01. The SMILES string of the molecule is CCCCNCCc1ccccc1OCC. The van der Waals surface area contributed by atoms with Crippen molar-refractivity contribution >= 4 is 0 Å². The van der Waals surface area contributed by atoms with Gasteiger partial charge in [-0.2, -0.15) is 0 Å². The maximum atomic E-state index is 5.59. The van der Waals surface area contributed by atoms with Crippen molar-refractivity contribution in [3.63, 3.8) is 0 Å². The lowest BCUT2D eigenvalue weighted by Gasteiger charge is -2.10. The van der Waals surface area contributed by atoms with E-state index in [2.05, 4.69) is 24.4 Å². The first kappa shape index (κ1) is 13.0. The van der Waals surface area contributed by atoms with Gasteiger partial charge in [-0.15, -0.1) is 0 Å². The number of unbranched alkanes of at least 4 members (excludes halogenated alkanes) is 1. The van der Waals surface area contributed by atoms with Crippen molar-refractivity contribution in [1.29, 1.82) is 0 Å². The van der Waals surface area contributed by atoms with Crippen LogP contribution < -0.4 is 10.1 Å². The van der Waals surface area contributed by atoms with Crippen LogP contribution in [0.4, 0.5) is 0 Å². The zero-order chi connectivity index (χ0) is 11.6. The Morgan fingerprint density at radius 3 is 2.69 bits per heavy atom. The maximum Gasteiger partial charge on any atom is 0.122 e. The van der Waals surface area contributed by atoms with Gasteiger partial charge in [0, 0.05) is 0 Å². The van der Waals surface area contributed by atoms with Gasteiger partial charge >= 0.3 is 0 Å². The molecule has 0 bridgehead atoms. The molecule has 16 heavy (non-hydrogen) atoms. The standard InChI is InChI=1S/C14H23NO/c1-3-5-11-15-12-10-13-8-6-7-9-14(13)16-4-2/h6-9,15H,3-5,10-12H2,1-2H3. The molecule has 0 aliphatic heterocycles. The minimum atomic E-state index is 0.736. The molecule has 90 valence electrons. The van der Waals surface area contributed by atoms with Crippen LogP contribution >= 0.6 is 0 Å². The average molecular weight is 221 g/mol. The quantitative estimate of drug-likeness (QED) is 0.681. The summed E-state index contributed by atoms with van der Waals surface area (Å²) in [5, 5.41) is 3.45. The van der Waals surface area contributed by atoms with E-state index in [-0.39, 0.29) is 0 Å². The van der Waals surface area contributed by atoms with Crippen molar-refractivity contribution in [3.8, 4) is 5.75 Å². The summed E-state index contributed by atoms with van der Waals surface area (Å²) in [6, 6.07) is 8.29. The molecule has 0 aliphatic carbocycles. The predicted molar refractivity (Wildman–Crippen MR) is 69.1 cm³/mol. The molecule has 0 spiro atoms. The van der Waals surface area contributed by atoms with Gasteiger partial charge in [0.15, 0.2) is 0 Å². The lowest BCUT2D eigenvalue weighted by Crippen LogP contribution is -2.18. The van der Waals surface area contributed by atoms with E-state index >= 15 is 0 Å². The lowest BCUT2D eigenvalue weighted by molar-refractivity contribution is 0.336. The molecule has 1 N–H and O–H groups in total. The Morgan fingerprint density at radius 2 is 1.94 bits per heavy atom. The summed E-state index contributed by atoms with van der Waals surface area (Å²) in [7, 11) is 0. The van der Waals surface area contributed by atoms with Crippen molar-refractivity contribution in [3.05, 3.63) is 29.8 Å². The Bertz CT molecular complexity index is 286. The smallest absolute Gasteiger partial charge is 0.122 e. The Kier molecular flexibility index (Phi) is 6.66. The highest BCUT2D eigenvalue weighted by molar-refractivity contribution is 5.33. The van der Waals surface area contributed by atoms with E-state index in [0.717, 1.165) is 31.9 Å². The van der Waals surface area contributed by atoms with Gasteiger partial charge in [0.25, 0.3) is 0 Å². The van der Waals surface area contributed by atoms with Gasteiger partial charge in [-0.05, 0) is 44.5 Å². The van der Waals surface area contributed by atoms with Gasteiger partial charge in [0.2, 0.25) is 0 Å². The number of hydrogen-bond donors (Lipinski definition) is 1. The zero-order valence-electron chi connectivity index (χ0n) is 10.5. The molecule has 0 fully saturated rings. The molecule has 0 aromatic heterocycles. The highest BCUT2D eigenvalue weighted by atomic mass is 16.5. The summed E-state index contributed by atoms with van der Waals surface area (Å²) in [6.07, 6.45) is 3.55. The van der Waals surface area contributed by atoms with Crippen molar-refractivity contribution < 1.29 is 4.74 Å². The molecule has 1 aromatic rings. The fourth-order valence-corrected chi connectivity index (χ4v) is 1.66. The summed E-state index contributed by atoms with van der Waals surface area (Å²) in [5.41, 5.74) is 1.30. The van der Waals surface area contributed by atoms with Crippen molar-refractivity contribution in [1.82, 2.24) is 5.32 Å². The zero-order valence-corrected chi connectivity index (χ0v) is 10.5. The van der Waals surface area contributed by atoms with E-state index in [1.54, 1.807) is 0 Å². The fraction of sp³-hybridized carbons (Fsp3) is 0.571. The third-order valence-corrected chi connectivity index (χ3v) is 2.55. The summed E-state index contributed by atoms with van der Waals surface area (Å²) in [4.78, 5) is 0. The molecule has 1 aromatic carbocycles. The largest absolute Gasteiger partial charge is 0.494 e. The van der Waals surface area contributed by atoms with Crippen LogP contribution in [0, 0.1) is 0 Å². The first-order chi connectivity index (χ1) is 7.88. The molecule has 0 amide bonds. The number of nitrogens with one attached hydrogen (secondary N) is 1. The Morgan fingerprint density at radius 1 is 1.12 bits per heavy atom. The maximum absolute atomic E-state index is 5.59. The minimum absolute atomic E-state index is 0.736. The summed E-state index contributed by atoms with van der Waals surface area (Å²) in [6.45, 7) is 7.13.